The summed E-state index contributed by atoms with van der Waals surface area (Å²) >= 11 is 0. The summed E-state index contributed by atoms with van der Waals surface area (Å²) in [5, 5.41) is 8.80. The van der Waals surface area contributed by atoms with Gasteiger partial charge in [0, 0.05) is 50.4 Å². The lowest BCUT2D eigenvalue weighted by Gasteiger charge is -2.34. The summed E-state index contributed by atoms with van der Waals surface area (Å²) in [5.74, 6) is 0. The lowest BCUT2D eigenvalue weighted by molar-refractivity contribution is 0.162. The van der Waals surface area contributed by atoms with Crippen molar-refractivity contribution in [2.45, 2.75) is 25.9 Å². The second-order valence-corrected chi connectivity index (χ2v) is 6.57. The fourth-order valence-corrected chi connectivity index (χ4v) is 3.72. The van der Waals surface area contributed by atoms with Gasteiger partial charge in [-0.05, 0) is 25.1 Å². The Morgan fingerprint density at radius 2 is 2.08 bits per heavy atom. The summed E-state index contributed by atoms with van der Waals surface area (Å²) in [6, 6.07) is 12.4. The molecule has 0 fully saturated rings. The van der Waals surface area contributed by atoms with Crippen LogP contribution in [0.4, 0.5) is 4.79 Å². The van der Waals surface area contributed by atoms with Crippen LogP contribution in [0.3, 0.4) is 0 Å². The maximum atomic E-state index is 12.6. The largest absolute Gasteiger partial charge is 0.348 e. The third-order valence-corrected chi connectivity index (χ3v) is 5.08. The lowest BCUT2D eigenvalue weighted by atomic mass is 10.1. The highest BCUT2D eigenvalue weighted by Crippen LogP contribution is 2.25. The first-order valence-corrected chi connectivity index (χ1v) is 8.75. The lowest BCUT2D eigenvalue weighted by Crippen LogP contribution is -2.46. The van der Waals surface area contributed by atoms with E-state index in [-0.39, 0.29) is 12.1 Å². The minimum Gasteiger partial charge on any atom is -0.348 e. The zero-order valence-corrected chi connectivity index (χ0v) is 14.6. The van der Waals surface area contributed by atoms with E-state index in [9.17, 15) is 4.79 Å². The van der Waals surface area contributed by atoms with E-state index in [1.54, 1.807) is 0 Å². The highest BCUT2D eigenvalue weighted by molar-refractivity contribution is 5.82. The van der Waals surface area contributed by atoms with Gasteiger partial charge in [-0.2, -0.15) is 5.10 Å². The minimum absolute atomic E-state index is 0.000173. The van der Waals surface area contributed by atoms with Crippen molar-refractivity contribution in [1.82, 2.24) is 24.6 Å². The number of hydrogen-bond donors (Lipinski definition) is 1. The molecule has 1 aliphatic rings. The standard InChI is InChI=1S/C19H23N5O/c1-14-17-8-5-11-23(17)12-13-24(14)19(25)20-10-9-16-15-6-3-4-7-18(15)22(2)21-16/h3-8,11,14H,9-10,12-13H2,1-2H3,(H,20,25). The van der Waals surface area contributed by atoms with Gasteiger partial charge in [-0.3, -0.25) is 4.68 Å². The molecule has 2 amide bonds. The first-order valence-electron chi connectivity index (χ1n) is 8.75. The van der Waals surface area contributed by atoms with E-state index in [1.807, 2.05) is 34.8 Å². The molecule has 4 rings (SSSR count). The summed E-state index contributed by atoms with van der Waals surface area (Å²) in [6.45, 7) is 4.26. The SMILES string of the molecule is CC1c2cccn2CCN1C(=O)NCCc1nn(C)c2ccccc12. The molecule has 0 bridgehead atoms. The Hall–Kier alpha value is -2.76. The molecule has 0 saturated heterocycles. The Bertz CT molecular complexity index is 910. The van der Waals surface area contributed by atoms with Gasteiger partial charge in [0.05, 0.1) is 17.3 Å². The summed E-state index contributed by atoms with van der Waals surface area (Å²) < 4.78 is 4.11. The number of carbonyl (C=O) groups is 1. The fraction of sp³-hybridized carbons (Fsp3) is 0.368. The van der Waals surface area contributed by atoms with Crippen molar-refractivity contribution in [1.29, 1.82) is 0 Å². The van der Waals surface area contributed by atoms with Gasteiger partial charge in [0.2, 0.25) is 0 Å². The molecular weight excluding hydrogens is 314 g/mol. The van der Waals surface area contributed by atoms with Crippen LogP contribution in [0, 0.1) is 0 Å². The molecule has 1 aromatic carbocycles. The number of aryl methyl sites for hydroxylation is 1. The summed E-state index contributed by atoms with van der Waals surface area (Å²) in [6.07, 6.45) is 2.80. The van der Waals surface area contributed by atoms with Crippen molar-refractivity contribution in [2.75, 3.05) is 13.1 Å². The number of aromatic nitrogens is 3. The van der Waals surface area contributed by atoms with Crippen molar-refractivity contribution in [3.63, 3.8) is 0 Å². The predicted octanol–water partition coefficient (Wildman–Crippen LogP) is 2.70. The van der Waals surface area contributed by atoms with Gasteiger partial charge in [0.1, 0.15) is 0 Å². The molecule has 0 saturated carbocycles. The van der Waals surface area contributed by atoms with E-state index in [0.717, 1.165) is 36.1 Å². The summed E-state index contributed by atoms with van der Waals surface area (Å²) in [5.41, 5.74) is 3.34. The summed E-state index contributed by atoms with van der Waals surface area (Å²) in [4.78, 5) is 14.5. The van der Waals surface area contributed by atoms with Crippen molar-refractivity contribution >= 4 is 16.9 Å². The maximum Gasteiger partial charge on any atom is 0.318 e. The molecule has 2 aromatic heterocycles. The topological polar surface area (TPSA) is 55.1 Å². The van der Waals surface area contributed by atoms with Gasteiger partial charge in [-0.15, -0.1) is 0 Å². The molecule has 3 aromatic rings. The fourth-order valence-electron chi connectivity index (χ4n) is 3.72. The second-order valence-electron chi connectivity index (χ2n) is 6.57. The van der Waals surface area contributed by atoms with Crippen LogP contribution in [0.1, 0.15) is 24.4 Å². The van der Waals surface area contributed by atoms with Crippen LogP contribution in [0.15, 0.2) is 42.6 Å². The number of para-hydroxylation sites is 1. The molecule has 130 valence electrons. The van der Waals surface area contributed by atoms with Gasteiger partial charge in [-0.1, -0.05) is 18.2 Å². The predicted molar refractivity (Wildman–Crippen MR) is 97.4 cm³/mol. The van der Waals surface area contributed by atoms with Gasteiger partial charge in [0.25, 0.3) is 0 Å². The van der Waals surface area contributed by atoms with Crippen LogP contribution in [-0.2, 0) is 20.0 Å². The molecule has 1 aliphatic heterocycles. The number of rotatable bonds is 3. The Morgan fingerprint density at radius 3 is 2.96 bits per heavy atom. The third-order valence-electron chi connectivity index (χ3n) is 5.08. The molecule has 25 heavy (non-hydrogen) atoms. The Morgan fingerprint density at radius 1 is 1.24 bits per heavy atom. The first kappa shape index (κ1) is 15.7. The van der Waals surface area contributed by atoms with E-state index in [1.165, 1.54) is 5.69 Å². The van der Waals surface area contributed by atoms with Crippen LogP contribution in [0.5, 0.6) is 0 Å². The monoisotopic (exact) mass is 337 g/mol. The number of urea groups is 1. The minimum atomic E-state index is 0.000173. The van der Waals surface area contributed by atoms with Crippen LogP contribution in [-0.4, -0.2) is 38.4 Å². The van der Waals surface area contributed by atoms with Gasteiger partial charge < -0.3 is 14.8 Å². The quantitative estimate of drug-likeness (QED) is 0.799. The van der Waals surface area contributed by atoms with Crippen molar-refractivity contribution < 1.29 is 4.79 Å². The Kier molecular flexibility index (Phi) is 3.95. The molecule has 3 heterocycles. The van der Waals surface area contributed by atoms with E-state index >= 15 is 0 Å². The van der Waals surface area contributed by atoms with Crippen LogP contribution >= 0.6 is 0 Å². The van der Waals surface area contributed by atoms with E-state index < -0.39 is 0 Å². The van der Waals surface area contributed by atoms with E-state index in [0.29, 0.717) is 6.54 Å². The van der Waals surface area contributed by atoms with Crippen molar-refractivity contribution in [3.8, 4) is 0 Å². The zero-order chi connectivity index (χ0) is 17.4. The number of nitrogens with one attached hydrogen (secondary N) is 1. The van der Waals surface area contributed by atoms with Crippen LogP contribution in [0.2, 0.25) is 0 Å². The molecule has 6 heteroatoms. The van der Waals surface area contributed by atoms with Crippen LogP contribution in [0.25, 0.3) is 10.9 Å². The molecule has 1 atom stereocenters. The highest BCUT2D eigenvalue weighted by atomic mass is 16.2. The summed E-state index contributed by atoms with van der Waals surface area (Å²) in [7, 11) is 1.95. The number of carbonyl (C=O) groups excluding carboxylic acids is 1. The van der Waals surface area contributed by atoms with E-state index in [2.05, 4.69) is 46.3 Å². The molecule has 6 nitrogen and oxygen atoms in total. The second kappa shape index (κ2) is 6.27. The average Bonchev–Trinajstić information content (AvgIpc) is 3.21. The van der Waals surface area contributed by atoms with Gasteiger partial charge in [-0.25, -0.2) is 4.79 Å². The zero-order valence-electron chi connectivity index (χ0n) is 14.6. The number of benzene rings is 1. The number of amides is 2. The molecule has 1 unspecified atom stereocenters. The van der Waals surface area contributed by atoms with Gasteiger partial charge >= 0.3 is 6.03 Å². The molecule has 0 aliphatic carbocycles. The van der Waals surface area contributed by atoms with Crippen LogP contribution < -0.4 is 5.32 Å². The first-order chi connectivity index (χ1) is 12.1. The smallest absolute Gasteiger partial charge is 0.318 e. The average molecular weight is 337 g/mol. The Labute approximate surface area is 147 Å². The third kappa shape index (κ3) is 2.77. The molecule has 0 radical (unpaired) electrons. The maximum absolute atomic E-state index is 12.6. The highest BCUT2D eigenvalue weighted by Gasteiger charge is 2.27. The van der Waals surface area contributed by atoms with Gasteiger partial charge in [0.15, 0.2) is 0 Å². The van der Waals surface area contributed by atoms with Crippen molar-refractivity contribution in [2.24, 2.45) is 7.05 Å². The van der Waals surface area contributed by atoms with E-state index in [4.69, 9.17) is 0 Å². The molecule has 1 N–H and O–H groups in total. The number of hydrogen-bond acceptors (Lipinski definition) is 2. The number of nitrogens with zero attached hydrogens (tertiary/aromatic N) is 4. The normalized spacial score (nSPS) is 16.9. The number of fused-ring (bicyclic) bond motifs is 2. The van der Waals surface area contributed by atoms with Crippen molar-refractivity contribution in [3.05, 3.63) is 54.0 Å². The molecular formula is C19H23N5O. The molecule has 0 spiro atoms. The Balaban J connectivity index is 1.39.